The minimum Gasteiger partial charge on any atom is -0.370 e. The highest BCUT2D eigenvalue weighted by molar-refractivity contribution is 5.76. The van der Waals surface area contributed by atoms with Crippen molar-refractivity contribution in [1.82, 2.24) is 14.9 Å². The first kappa shape index (κ1) is 15.5. The normalized spacial score (nSPS) is 15.2. The van der Waals surface area contributed by atoms with Crippen molar-refractivity contribution in [3.05, 3.63) is 11.8 Å². The quantitative estimate of drug-likeness (QED) is 0.894. The van der Waals surface area contributed by atoms with Crippen molar-refractivity contribution in [1.29, 1.82) is 0 Å². The van der Waals surface area contributed by atoms with Crippen LogP contribution in [0.4, 0.5) is 11.8 Å². The fraction of sp³-hybridized carbons (Fsp3) is 0.667. The highest BCUT2D eigenvalue weighted by Crippen LogP contribution is 2.16. The van der Waals surface area contributed by atoms with Crippen molar-refractivity contribution in [3.8, 4) is 0 Å². The van der Waals surface area contributed by atoms with Gasteiger partial charge in [0, 0.05) is 50.9 Å². The summed E-state index contributed by atoms with van der Waals surface area (Å²) in [6.45, 7) is 10.0. The van der Waals surface area contributed by atoms with Crippen LogP contribution in [-0.2, 0) is 4.79 Å². The number of amides is 1. The number of hydrogen-bond acceptors (Lipinski definition) is 5. The molecule has 2 rings (SSSR count). The van der Waals surface area contributed by atoms with Crippen LogP contribution in [0.15, 0.2) is 6.07 Å². The van der Waals surface area contributed by atoms with Crippen LogP contribution < -0.4 is 10.2 Å². The van der Waals surface area contributed by atoms with E-state index >= 15 is 0 Å². The van der Waals surface area contributed by atoms with Gasteiger partial charge in [-0.1, -0.05) is 6.92 Å². The van der Waals surface area contributed by atoms with Crippen LogP contribution in [0.3, 0.4) is 0 Å². The second-order valence-corrected chi connectivity index (χ2v) is 5.34. The third kappa shape index (κ3) is 4.06. The first-order chi connectivity index (χ1) is 10.1. The molecule has 0 aliphatic carbocycles. The lowest BCUT2D eigenvalue weighted by Crippen LogP contribution is -2.49. The summed E-state index contributed by atoms with van der Waals surface area (Å²) in [6.07, 6.45) is 1.55. The molecule has 0 radical (unpaired) electrons. The summed E-state index contributed by atoms with van der Waals surface area (Å²) in [4.78, 5) is 25.1. The van der Waals surface area contributed by atoms with E-state index in [4.69, 9.17) is 0 Å². The van der Waals surface area contributed by atoms with Crippen LogP contribution in [0.25, 0.3) is 0 Å². The Morgan fingerprint density at radius 1 is 1.24 bits per heavy atom. The standard InChI is InChI=1S/C15H25N5O/c1-4-6-14(21)19-7-9-20(10-8-19)15-17-12(3)11-13(18-15)16-5-2/h11H,4-10H2,1-3H3,(H,16,17,18). The summed E-state index contributed by atoms with van der Waals surface area (Å²) in [5, 5.41) is 3.23. The molecule has 1 fully saturated rings. The molecule has 1 saturated heterocycles. The maximum absolute atomic E-state index is 11.9. The SMILES string of the molecule is CCCC(=O)N1CCN(c2nc(C)cc(NCC)n2)CC1. The van der Waals surface area contributed by atoms with E-state index in [0.29, 0.717) is 6.42 Å². The molecular weight excluding hydrogens is 266 g/mol. The van der Waals surface area contributed by atoms with Gasteiger partial charge in [-0.3, -0.25) is 4.79 Å². The van der Waals surface area contributed by atoms with Gasteiger partial charge in [0.2, 0.25) is 11.9 Å². The maximum atomic E-state index is 11.9. The second-order valence-electron chi connectivity index (χ2n) is 5.34. The van der Waals surface area contributed by atoms with E-state index in [2.05, 4.69) is 27.1 Å². The van der Waals surface area contributed by atoms with E-state index in [1.165, 1.54) is 0 Å². The van der Waals surface area contributed by atoms with Gasteiger partial charge < -0.3 is 15.1 Å². The second kappa shape index (κ2) is 7.24. The minimum atomic E-state index is 0.260. The minimum absolute atomic E-state index is 0.260. The Labute approximate surface area is 126 Å². The molecule has 1 aliphatic heterocycles. The summed E-state index contributed by atoms with van der Waals surface area (Å²) in [5.41, 5.74) is 0.959. The molecule has 1 N–H and O–H groups in total. The fourth-order valence-electron chi connectivity index (χ4n) is 2.49. The Kier molecular flexibility index (Phi) is 5.36. The van der Waals surface area contributed by atoms with Crippen molar-refractivity contribution in [2.24, 2.45) is 0 Å². The van der Waals surface area contributed by atoms with Crippen LogP contribution in [-0.4, -0.2) is 53.5 Å². The van der Waals surface area contributed by atoms with Crippen LogP contribution in [0.1, 0.15) is 32.4 Å². The summed E-state index contributed by atoms with van der Waals surface area (Å²) < 4.78 is 0. The zero-order chi connectivity index (χ0) is 15.2. The molecule has 0 aromatic carbocycles. The molecule has 0 bridgehead atoms. The highest BCUT2D eigenvalue weighted by Gasteiger charge is 2.22. The van der Waals surface area contributed by atoms with E-state index in [-0.39, 0.29) is 5.91 Å². The van der Waals surface area contributed by atoms with Crippen molar-refractivity contribution in [2.45, 2.75) is 33.6 Å². The average Bonchev–Trinajstić information content (AvgIpc) is 2.47. The van der Waals surface area contributed by atoms with Gasteiger partial charge in [-0.15, -0.1) is 0 Å². The lowest BCUT2D eigenvalue weighted by Gasteiger charge is -2.35. The van der Waals surface area contributed by atoms with Gasteiger partial charge in [-0.2, -0.15) is 4.98 Å². The summed E-state index contributed by atoms with van der Waals surface area (Å²) >= 11 is 0. The number of hydrogen-bond donors (Lipinski definition) is 1. The number of aromatic nitrogens is 2. The van der Waals surface area contributed by atoms with Crippen molar-refractivity contribution in [2.75, 3.05) is 42.9 Å². The third-order valence-corrected chi connectivity index (χ3v) is 3.58. The average molecular weight is 291 g/mol. The molecule has 0 unspecified atom stereocenters. The zero-order valence-electron chi connectivity index (χ0n) is 13.2. The van der Waals surface area contributed by atoms with E-state index in [9.17, 15) is 4.79 Å². The fourth-order valence-corrected chi connectivity index (χ4v) is 2.49. The van der Waals surface area contributed by atoms with Gasteiger partial charge in [0.1, 0.15) is 5.82 Å². The van der Waals surface area contributed by atoms with Crippen molar-refractivity contribution in [3.63, 3.8) is 0 Å². The molecule has 1 aromatic rings. The summed E-state index contributed by atoms with van der Waals surface area (Å²) in [6, 6.07) is 1.95. The van der Waals surface area contributed by atoms with Crippen LogP contribution >= 0.6 is 0 Å². The number of nitrogens with one attached hydrogen (secondary N) is 1. The Morgan fingerprint density at radius 2 is 1.95 bits per heavy atom. The number of aryl methyl sites for hydroxylation is 1. The highest BCUT2D eigenvalue weighted by atomic mass is 16.2. The monoisotopic (exact) mass is 291 g/mol. The lowest BCUT2D eigenvalue weighted by atomic mass is 10.2. The van der Waals surface area contributed by atoms with E-state index < -0.39 is 0 Å². The smallest absolute Gasteiger partial charge is 0.227 e. The topological polar surface area (TPSA) is 61.4 Å². The Bertz CT molecular complexity index is 483. The van der Waals surface area contributed by atoms with E-state index in [0.717, 1.165) is 56.6 Å². The number of carbonyl (C=O) groups excluding carboxylic acids is 1. The number of rotatable bonds is 5. The molecule has 1 aromatic heterocycles. The Balaban J connectivity index is 2.00. The molecule has 0 spiro atoms. The molecule has 1 aliphatic rings. The number of piperazine rings is 1. The molecule has 2 heterocycles. The van der Waals surface area contributed by atoms with Gasteiger partial charge in [0.05, 0.1) is 0 Å². The maximum Gasteiger partial charge on any atom is 0.227 e. The number of nitrogens with zero attached hydrogens (tertiary/aromatic N) is 4. The molecule has 6 heteroatoms. The predicted molar refractivity (Wildman–Crippen MR) is 84.6 cm³/mol. The first-order valence-electron chi connectivity index (χ1n) is 7.76. The molecule has 0 saturated carbocycles. The van der Waals surface area contributed by atoms with Gasteiger partial charge in [-0.05, 0) is 20.3 Å². The predicted octanol–water partition coefficient (Wildman–Crippen LogP) is 1.67. The Hall–Kier alpha value is -1.85. The zero-order valence-corrected chi connectivity index (χ0v) is 13.2. The molecule has 21 heavy (non-hydrogen) atoms. The first-order valence-corrected chi connectivity index (χ1v) is 7.76. The summed E-state index contributed by atoms with van der Waals surface area (Å²) in [7, 11) is 0. The molecule has 1 amide bonds. The number of carbonyl (C=O) groups is 1. The van der Waals surface area contributed by atoms with Crippen LogP contribution in [0.2, 0.25) is 0 Å². The molecule has 116 valence electrons. The molecular formula is C15H25N5O. The summed E-state index contributed by atoms with van der Waals surface area (Å²) in [5.74, 6) is 1.88. The van der Waals surface area contributed by atoms with Crippen molar-refractivity contribution >= 4 is 17.7 Å². The Morgan fingerprint density at radius 3 is 2.57 bits per heavy atom. The van der Waals surface area contributed by atoms with E-state index in [1.807, 2.05) is 24.8 Å². The van der Waals surface area contributed by atoms with Gasteiger partial charge >= 0.3 is 0 Å². The molecule has 0 atom stereocenters. The molecule has 6 nitrogen and oxygen atoms in total. The van der Waals surface area contributed by atoms with Crippen LogP contribution in [0, 0.1) is 6.92 Å². The van der Waals surface area contributed by atoms with Gasteiger partial charge in [-0.25, -0.2) is 4.98 Å². The van der Waals surface area contributed by atoms with Crippen LogP contribution in [0.5, 0.6) is 0 Å². The number of anilines is 2. The largest absolute Gasteiger partial charge is 0.370 e. The van der Waals surface area contributed by atoms with Crippen molar-refractivity contribution < 1.29 is 4.79 Å². The van der Waals surface area contributed by atoms with E-state index in [1.54, 1.807) is 0 Å². The van der Waals surface area contributed by atoms with Gasteiger partial charge in [0.25, 0.3) is 0 Å². The van der Waals surface area contributed by atoms with Gasteiger partial charge in [0.15, 0.2) is 0 Å². The lowest BCUT2D eigenvalue weighted by molar-refractivity contribution is -0.131. The third-order valence-electron chi connectivity index (χ3n) is 3.58.